The van der Waals surface area contributed by atoms with Gasteiger partial charge < -0.3 is 24.5 Å². The van der Waals surface area contributed by atoms with E-state index in [4.69, 9.17) is 24.5 Å². The van der Waals surface area contributed by atoms with Gasteiger partial charge in [0.25, 0.3) is 0 Å². The van der Waals surface area contributed by atoms with Crippen LogP contribution < -0.4 is 0 Å². The zero-order valence-corrected chi connectivity index (χ0v) is 14.4. The Labute approximate surface area is 108 Å². The van der Waals surface area contributed by atoms with Crippen LogP contribution in [0.5, 0.6) is 0 Å². The second-order valence-corrected chi connectivity index (χ2v) is 10.1. The van der Waals surface area contributed by atoms with Gasteiger partial charge in [-0.05, 0) is 35.4 Å². The topological polar surface area (TPSA) is 120 Å². The van der Waals surface area contributed by atoms with Crippen molar-refractivity contribution in [1.29, 1.82) is 0 Å². The van der Waals surface area contributed by atoms with Gasteiger partial charge in [-0.3, -0.25) is 0 Å². The van der Waals surface area contributed by atoms with Crippen LogP contribution in [0.4, 0.5) is 0 Å². The van der Waals surface area contributed by atoms with Gasteiger partial charge in [0.05, 0.1) is 0 Å². The standard InChI is InChI=1S/H5O7P3S3.Zn/c1-8(2,11)6-10(5,13)7-9(3,4)12;/h(H,5,13)(H2,1,2,11)(H2,3,4,12);. The summed E-state index contributed by atoms with van der Waals surface area (Å²) < 4.78 is 7.88. The van der Waals surface area contributed by atoms with Crippen LogP contribution in [0.1, 0.15) is 0 Å². The second kappa shape index (κ2) is 6.29. The summed E-state index contributed by atoms with van der Waals surface area (Å²) in [7, 11) is 0. The first-order chi connectivity index (χ1) is 5.41. The van der Waals surface area contributed by atoms with Crippen molar-refractivity contribution in [2.75, 3.05) is 0 Å². The molecule has 0 radical (unpaired) electrons. The third kappa shape index (κ3) is 12.4. The van der Waals surface area contributed by atoms with E-state index in [1.165, 1.54) is 0 Å². The van der Waals surface area contributed by atoms with E-state index >= 15 is 0 Å². The van der Waals surface area contributed by atoms with Crippen molar-refractivity contribution in [2.24, 2.45) is 0 Å². The van der Waals surface area contributed by atoms with Gasteiger partial charge in [-0.25, -0.2) is 8.62 Å². The first kappa shape index (κ1) is 18.7. The molecule has 0 heterocycles. The SMILES string of the molecule is OP(O)(=S)OP(O)(=S)OP(O)(O)=S.[Zn]. The predicted octanol–water partition coefficient (Wildman–Crippen LogP) is -0.348. The van der Waals surface area contributed by atoms with Crippen LogP contribution in [0.15, 0.2) is 0 Å². The smallest absolute Gasteiger partial charge is 0.324 e. The Hall–Kier alpha value is 2.29. The summed E-state index contributed by atoms with van der Waals surface area (Å²) >= 11 is 12.1. The summed E-state index contributed by atoms with van der Waals surface area (Å²) in [5.41, 5.74) is 0. The van der Waals surface area contributed by atoms with Crippen LogP contribution in [0.2, 0.25) is 0 Å². The summed E-state index contributed by atoms with van der Waals surface area (Å²) in [6.45, 7) is -12.7. The third-order valence-electron chi connectivity index (χ3n) is 0.419. The van der Waals surface area contributed by atoms with Gasteiger partial charge >= 0.3 is 20.2 Å². The molecule has 0 aromatic heterocycles. The molecule has 0 saturated carbocycles. The van der Waals surface area contributed by atoms with Crippen molar-refractivity contribution in [3.8, 4) is 0 Å². The molecule has 0 spiro atoms. The van der Waals surface area contributed by atoms with E-state index in [9.17, 15) is 0 Å². The van der Waals surface area contributed by atoms with E-state index in [1.54, 1.807) is 0 Å². The fraction of sp³-hybridized carbons (Fsp3) is 0. The van der Waals surface area contributed by atoms with E-state index in [1.807, 2.05) is 0 Å². The molecule has 0 amide bonds. The molecule has 82 valence electrons. The molecule has 14 heavy (non-hydrogen) atoms. The monoisotopic (exact) mass is 370 g/mol. The van der Waals surface area contributed by atoms with Crippen LogP contribution in [0, 0.1) is 0 Å². The maximum Gasteiger partial charge on any atom is 0.339 e. The van der Waals surface area contributed by atoms with Gasteiger partial charge in [0, 0.05) is 19.5 Å². The molecule has 0 aromatic carbocycles. The van der Waals surface area contributed by atoms with Crippen LogP contribution in [0.3, 0.4) is 0 Å². The molecule has 0 bridgehead atoms. The van der Waals surface area contributed by atoms with E-state index in [0.29, 0.717) is 0 Å². The van der Waals surface area contributed by atoms with Crippen molar-refractivity contribution >= 4 is 55.6 Å². The molecule has 0 aliphatic carbocycles. The molecule has 0 aromatic rings. The molecular formula is H5O7P3S3Zn. The van der Waals surface area contributed by atoms with Gasteiger partial charge in [-0.15, -0.1) is 0 Å². The molecule has 5 N–H and O–H groups in total. The fourth-order valence-corrected chi connectivity index (χ4v) is 6.88. The quantitative estimate of drug-likeness (QED) is 0.331. The summed E-state index contributed by atoms with van der Waals surface area (Å²) in [4.78, 5) is 43.1. The van der Waals surface area contributed by atoms with Crippen LogP contribution >= 0.6 is 20.2 Å². The Morgan fingerprint density at radius 3 is 1.07 bits per heavy atom. The van der Waals surface area contributed by atoms with Crippen molar-refractivity contribution < 1.29 is 52.6 Å². The number of rotatable bonds is 4. The average molecular weight is 372 g/mol. The van der Waals surface area contributed by atoms with Crippen LogP contribution in [-0.2, 0) is 63.5 Å². The van der Waals surface area contributed by atoms with Crippen LogP contribution in [0.25, 0.3) is 0 Å². The van der Waals surface area contributed by atoms with E-state index in [0.717, 1.165) is 0 Å². The maximum atomic E-state index is 8.95. The minimum Gasteiger partial charge on any atom is -0.324 e. The fourth-order valence-electron chi connectivity index (χ4n) is 0.284. The molecule has 0 rings (SSSR count). The molecule has 0 saturated heterocycles. The molecule has 14 heteroatoms. The Morgan fingerprint density at radius 1 is 0.714 bits per heavy atom. The Morgan fingerprint density at radius 2 is 0.929 bits per heavy atom. The minimum atomic E-state index is -4.22. The molecule has 0 aliphatic rings. The third-order valence-corrected chi connectivity index (χ3v) is 6.17. The van der Waals surface area contributed by atoms with Crippen molar-refractivity contribution in [1.82, 2.24) is 0 Å². The van der Waals surface area contributed by atoms with Crippen LogP contribution in [-0.4, -0.2) is 24.5 Å². The summed E-state index contributed by atoms with van der Waals surface area (Å²) in [5, 5.41) is 0. The number of hydrogen-bond donors (Lipinski definition) is 5. The van der Waals surface area contributed by atoms with Gasteiger partial charge in [0.15, 0.2) is 0 Å². The summed E-state index contributed by atoms with van der Waals surface area (Å²) in [6, 6.07) is 0. The molecule has 0 aliphatic heterocycles. The molecular weight excluding hydrogens is 367 g/mol. The van der Waals surface area contributed by atoms with Gasteiger partial charge in [-0.1, -0.05) is 0 Å². The largest absolute Gasteiger partial charge is 0.339 e. The van der Waals surface area contributed by atoms with Crippen molar-refractivity contribution in [3.05, 3.63) is 0 Å². The molecule has 0 atom stereocenters. The Kier molecular flexibility index (Phi) is 8.38. The van der Waals surface area contributed by atoms with Gasteiger partial charge in [0.1, 0.15) is 0 Å². The van der Waals surface area contributed by atoms with Crippen molar-refractivity contribution in [2.45, 2.75) is 0 Å². The molecule has 7 nitrogen and oxygen atoms in total. The van der Waals surface area contributed by atoms with E-state index < -0.39 is 20.2 Å². The average Bonchev–Trinajstić information content (AvgIpc) is 1.43. The number of hydrogen-bond acceptors (Lipinski definition) is 5. The van der Waals surface area contributed by atoms with E-state index in [-0.39, 0.29) is 19.5 Å². The second-order valence-electron chi connectivity index (χ2n) is 1.61. The molecule has 0 fully saturated rings. The Bertz CT molecular complexity index is 286. The van der Waals surface area contributed by atoms with E-state index in [2.05, 4.69) is 44.0 Å². The van der Waals surface area contributed by atoms with Gasteiger partial charge in [-0.2, -0.15) is 0 Å². The zero-order chi connectivity index (χ0) is 10.9. The van der Waals surface area contributed by atoms with Crippen molar-refractivity contribution in [3.63, 3.8) is 0 Å². The first-order valence-corrected chi connectivity index (χ1v) is 10.1. The van der Waals surface area contributed by atoms with Gasteiger partial charge in [0.2, 0.25) is 0 Å². The minimum absolute atomic E-state index is 0. The first-order valence-electron chi connectivity index (χ1n) is 2.28. The summed E-state index contributed by atoms with van der Waals surface area (Å²) in [6.07, 6.45) is 0. The molecule has 0 unspecified atom stereocenters. The maximum absolute atomic E-state index is 8.95. The zero-order valence-electron chi connectivity index (χ0n) is 6.33. The Balaban J connectivity index is 0. The summed E-state index contributed by atoms with van der Waals surface area (Å²) in [5.74, 6) is 0. The predicted molar refractivity (Wildman–Crippen MR) is 56.1 cm³/mol. The normalized spacial score (nSPS) is 13.5.